The van der Waals surface area contributed by atoms with Crippen LogP contribution in [0.1, 0.15) is 5.56 Å². The summed E-state index contributed by atoms with van der Waals surface area (Å²) in [6, 6.07) is 4.56. The molecule has 0 aliphatic carbocycles. The Morgan fingerprint density at radius 2 is 1.85 bits per heavy atom. The summed E-state index contributed by atoms with van der Waals surface area (Å²) in [5.41, 5.74) is 0.918. The van der Waals surface area contributed by atoms with Gasteiger partial charge in [-0.25, -0.2) is 18.4 Å². The van der Waals surface area contributed by atoms with Crippen LogP contribution in [-0.2, 0) is 10.0 Å². The van der Waals surface area contributed by atoms with E-state index in [1.807, 2.05) is 6.92 Å². The van der Waals surface area contributed by atoms with Crippen LogP contribution in [0.25, 0.3) is 0 Å². The Morgan fingerprint density at radius 3 is 2.50 bits per heavy atom. The fourth-order valence-electron chi connectivity index (χ4n) is 1.42. The van der Waals surface area contributed by atoms with Crippen molar-refractivity contribution in [1.29, 1.82) is 0 Å². The Morgan fingerprint density at radius 1 is 1.15 bits per heavy atom. The van der Waals surface area contributed by atoms with Crippen molar-refractivity contribution in [3.63, 3.8) is 0 Å². The highest BCUT2D eigenvalue weighted by Crippen LogP contribution is 2.29. The van der Waals surface area contributed by atoms with Crippen LogP contribution in [0.15, 0.2) is 38.4 Å². The summed E-state index contributed by atoms with van der Waals surface area (Å²) in [6.07, 6.45) is 1.18. The maximum Gasteiger partial charge on any atom is 0.264 e. The Hall–Kier alpha value is -0.700. The monoisotopic (exact) mass is 439 g/mol. The maximum absolute atomic E-state index is 12.3. The number of halogens is 3. The molecule has 20 heavy (non-hydrogen) atoms. The highest BCUT2D eigenvalue weighted by molar-refractivity contribution is 9.11. The molecule has 0 atom stereocenters. The summed E-state index contributed by atoms with van der Waals surface area (Å²) in [5.74, 6) is 0.105. The second-order valence-electron chi connectivity index (χ2n) is 3.86. The second kappa shape index (κ2) is 5.97. The molecule has 1 heterocycles. The quantitative estimate of drug-likeness (QED) is 0.736. The van der Waals surface area contributed by atoms with E-state index in [2.05, 4.69) is 46.5 Å². The van der Waals surface area contributed by atoms with Crippen molar-refractivity contribution in [2.45, 2.75) is 11.8 Å². The number of hydrogen-bond acceptors (Lipinski definition) is 4. The van der Waals surface area contributed by atoms with E-state index in [1.54, 1.807) is 6.07 Å². The number of benzene rings is 1. The molecule has 0 spiro atoms. The SMILES string of the molecule is Cc1cc(Br)c(S(=O)(=O)Nc2cc(Cl)ncn2)cc1Br. The minimum absolute atomic E-state index is 0.102. The van der Waals surface area contributed by atoms with Gasteiger partial charge in [0.15, 0.2) is 0 Å². The minimum Gasteiger partial charge on any atom is -0.263 e. The molecular formula is C11H8Br2ClN3O2S. The lowest BCUT2D eigenvalue weighted by molar-refractivity contribution is 0.600. The smallest absolute Gasteiger partial charge is 0.263 e. The van der Waals surface area contributed by atoms with Crippen molar-refractivity contribution in [3.8, 4) is 0 Å². The Bertz CT molecular complexity index is 768. The normalized spacial score (nSPS) is 11.4. The van der Waals surface area contributed by atoms with Crippen LogP contribution < -0.4 is 4.72 Å². The van der Waals surface area contributed by atoms with E-state index in [0.717, 1.165) is 5.56 Å². The molecular weight excluding hydrogens is 433 g/mol. The first-order chi connectivity index (χ1) is 9.29. The van der Waals surface area contributed by atoms with E-state index in [1.165, 1.54) is 18.5 Å². The third kappa shape index (κ3) is 3.49. The molecule has 0 unspecified atom stereocenters. The summed E-state index contributed by atoms with van der Waals surface area (Å²) >= 11 is 12.3. The van der Waals surface area contributed by atoms with Crippen LogP contribution in [0, 0.1) is 6.92 Å². The zero-order valence-electron chi connectivity index (χ0n) is 10.1. The van der Waals surface area contributed by atoms with E-state index in [0.29, 0.717) is 8.95 Å². The van der Waals surface area contributed by atoms with E-state index >= 15 is 0 Å². The van der Waals surface area contributed by atoms with Gasteiger partial charge in [-0.05, 0) is 40.5 Å². The van der Waals surface area contributed by atoms with Gasteiger partial charge in [0.05, 0.1) is 0 Å². The molecule has 1 aromatic carbocycles. The highest BCUT2D eigenvalue weighted by atomic mass is 79.9. The first kappa shape index (κ1) is 15.7. The number of nitrogens with one attached hydrogen (secondary N) is 1. The van der Waals surface area contributed by atoms with Gasteiger partial charge < -0.3 is 0 Å². The van der Waals surface area contributed by atoms with Gasteiger partial charge in [-0.2, -0.15) is 0 Å². The predicted octanol–water partition coefficient (Wildman–Crippen LogP) is 3.76. The molecule has 0 aliphatic rings. The van der Waals surface area contributed by atoms with Gasteiger partial charge in [-0.1, -0.05) is 27.5 Å². The van der Waals surface area contributed by atoms with Crippen LogP contribution >= 0.6 is 43.5 Å². The number of anilines is 1. The molecule has 0 bridgehead atoms. The summed E-state index contributed by atoms with van der Waals surface area (Å²) in [5, 5.41) is 0.154. The van der Waals surface area contributed by atoms with Crippen LogP contribution in [0.4, 0.5) is 5.82 Å². The molecule has 0 saturated carbocycles. The lowest BCUT2D eigenvalue weighted by atomic mass is 10.2. The predicted molar refractivity (Wildman–Crippen MR) is 84.4 cm³/mol. The van der Waals surface area contributed by atoms with Gasteiger partial charge in [0, 0.05) is 15.0 Å². The van der Waals surface area contributed by atoms with Crippen LogP contribution in [0.2, 0.25) is 5.15 Å². The molecule has 5 nitrogen and oxygen atoms in total. The molecule has 2 aromatic rings. The largest absolute Gasteiger partial charge is 0.264 e. The molecule has 1 aromatic heterocycles. The Kier molecular flexibility index (Phi) is 4.68. The van der Waals surface area contributed by atoms with Crippen LogP contribution in [0.5, 0.6) is 0 Å². The van der Waals surface area contributed by atoms with Crippen molar-refractivity contribution in [2.75, 3.05) is 4.72 Å². The van der Waals surface area contributed by atoms with Gasteiger partial charge in [0.25, 0.3) is 10.0 Å². The number of aryl methyl sites for hydroxylation is 1. The van der Waals surface area contributed by atoms with Gasteiger partial charge in [-0.15, -0.1) is 0 Å². The molecule has 0 saturated heterocycles. The van der Waals surface area contributed by atoms with Crippen molar-refractivity contribution in [2.24, 2.45) is 0 Å². The standard InChI is InChI=1S/C11H8Br2ClN3O2S/c1-6-2-8(13)9(3-7(6)12)20(18,19)17-11-4-10(14)15-5-16-11/h2-5H,1H3,(H,15,16,17). The van der Waals surface area contributed by atoms with Crippen molar-refractivity contribution < 1.29 is 8.42 Å². The van der Waals surface area contributed by atoms with Gasteiger partial charge in [-0.3, -0.25) is 4.72 Å². The molecule has 0 aliphatic heterocycles. The number of hydrogen-bond donors (Lipinski definition) is 1. The number of rotatable bonds is 3. The summed E-state index contributed by atoms with van der Waals surface area (Å²) in [6.45, 7) is 1.86. The summed E-state index contributed by atoms with van der Waals surface area (Å²) in [7, 11) is -3.78. The topological polar surface area (TPSA) is 72.0 Å². The zero-order chi connectivity index (χ0) is 14.9. The number of sulfonamides is 1. The van der Waals surface area contributed by atoms with E-state index in [-0.39, 0.29) is 15.9 Å². The van der Waals surface area contributed by atoms with Crippen molar-refractivity contribution >= 4 is 59.3 Å². The average Bonchev–Trinajstić information content (AvgIpc) is 2.33. The van der Waals surface area contributed by atoms with E-state index < -0.39 is 10.0 Å². The maximum atomic E-state index is 12.3. The number of nitrogens with zero attached hydrogens (tertiary/aromatic N) is 2. The van der Waals surface area contributed by atoms with E-state index in [4.69, 9.17) is 11.6 Å². The van der Waals surface area contributed by atoms with Gasteiger partial charge in [0.1, 0.15) is 22.2 Å². The second-order valence-corrected chi connectivity index (χ2v) is 7.61. The fourth-order valence-corrected chi connectivity index (χ4v) is 4.24. The lowest BCUT2D eigenvalue weighted by Gasteiger charge is -2.10. The third-order valence-electron chi connectivity index (χ3n) is 2.38. The molecule has 2 rings (SSSR count). The molecule has 0 radical (unpaired) electrons. The molecule has 9 heteroatoms. The van der Waals surface area contributed by atoms with Gasteiger partial charge in [0.2, 0.25) is 0 Å². The Balaban J connectivity index is 2.43. The molecule has 1 N–H and O–H groups in total. The fraction of sp³-hybridized carbons (Fsp3) is 0.0909. The number of aromatic nitrogens is 2. The zero-order valence-corrected chi connectivity index (χ0v) is 14.8. The minimum atomic E-state index is -3.78. The van der Waals surface area contributed by atoms with Crippen LogP contribution in [0.3, 0.4) is 0 Å². The molecule has 0 amide bonds. The van der Waals surface area contributed by atoms with Crippen molar-refractivity contribution in [3.05, 3.63) is 44.2 Å². The van der Waals surface area contributed by atoms with E-state index in [9.17, 15) is 8.42 Å². The van der Waals surface area contributed by atoms with Crippen LogP contribution in [-0.4, -0.2) is 18.4 Å². The Labute approximate surface area is 138 Å². The molecule has 106 valence electrons. The highest BCUT2D eigenvalue weighted by Gasteiger charge is 2.20. The lowest BCUT2D eigenvalue weighted by Crippen LogP contribution is -2.14. The summed E-state index contributed by atoms with van der Waals surface area (Å²) < 4.78 is 28.2. The summed E-state index contributed by atoms with van der Waals surface area (Å²) in [4.78, 5) is 7.60. The van der Waals surface area contributed by atoms with Gasteiger partial charge >= 0.3 is 0 Å². The first-order valence-corrected chi connectivity index (χ1v) is 8.70. The average molecular weight is 442 g/mol. The van der Waals surface area contributed by atoms with Crippen molar-refractivity contribution in [1.82, 2.24) is 9.97 Å². The molecule has 0 fully saturated rings. The third-order valence-corrected chi connectivity index (χ3v) is 5.75. The first-order valence-electron chi connectivity index (χ1n) is 5.25.